The van der Waals surface area contributed by atoms with E-state index in [1.54, 1.807) is 6.92 Å². The van der Waals surface area contributed by atoms with Gasteiger partial charge in [-0.2, -0.15) is 0 Å². The van der Waals surface area contributed by atoms with E-state index in [1.165, 1.54) is 0 Å². The predicted octanol–water partition coefficient (Wildman–Crippen LogP) is 0.949. The Hall–Kier alpha value is -1.26. The zero-order chi connectivity index (χ0) is 11.5. The molecule has 1 aliphatic rings. The number of carbonyl (C=O) groups is 2. The van der Waals surface area contributed by atoms with Gasteiger partial charge in [0.05, 0.1) is 0 Å². The molecule has 5 heteroatoms. The van der Waals surface area contributed by atoms with Crippen LogP contribution in [0.15, 0.2) is 0 Å². The van der Waals surface area contributed by atoms with Crippen molar-refractivity contribution in [3.63, 3.8) is 0 Å². The first-order valence-corrected chi connectivity index (χ1v) is 5.24. The molecule has 0 aromatic carbocycles. The SMILES string of the molecule is CCC(NC(=O)NCC1(C)CC1)C(=O)O. The predicted molar refractivity (Wildman–Crippen MR) is 55.6 cm³/mol. The van der Waals surface area contributed by atoms with Gasteiger partial charge in [0.2, 0.25) is 0 Å². The van der Waals surface area contributed by atoms with Crippen molar-refractivity contribution in [2.45, 2.75) is 39.2 Å². The highest BCUT2D eigenvalue weighted by atomic mass is 16.4. The van der Waals surface area contributed by atoms with Gasteiger partial charge >= 0.3 is 12.0 Å². The van der Waals surface area contributed by atoms with Crippen LogP contribution < -0.4 is 10.6 Å². The minimum Gasteiger partial charge on any atom is -0.480 e. The van der Waals surface area contributed by atoms with E-state index in [4.69, 9.17) is 5.11 Å². The van der Waals surface area contributed by atoms with Gasteiger partial charge in [-0.25, -0.2) is 9.59 Å². The number of carbonyl (C=O) groups excluding carboxylic acids is 1. The van der Waals surface area contributed by atoms with Crippen molar-refractivity contribution in [1.29, 1.82) is 0 Å². The highest BCUT2D eigenvalue weighted by Crippen LogP contribution is 2.43. The molecule has 3 N–H and O–H groups in total. The molecule has 0 radical (unpaired) electrons. The van der Waals surface area contributed by atoms with Crippen molar-refractivity contribution in [2.24, 2.45) is 5.41 Å². The fraction of sp³-hybridized carbons (Fsp3) is 0.800. The average molecular weight is 214 g/mol. The van der Waals surface area contributed by atoms with Crippen molar-refractivity contribution in [3.8, 4) is 0 Å². The number of urea groups is 1. The second kappa shape index (κ2) is 4.51. The van der Waals surface area contributed by atoms with Crippen molar-refractivity contribution in [1.82, 2.24) is 10.6 Å². The molecule has 15 heavy (non-hydrogen) atoms. The number of rotatable bonds is 5. The molecule has 0 aromatic rings. The lowest BCUT2D eigenvalue weighted by molar-refractivity contribution is -0.139. The smallest absolute Gasteiger partial charge is 0.326 e. The van der Waals surface area contributed by atoms with Crippen LogP contribution in [0, 0.1) is 5.41 Å². The summed E-state index contributed by atoms with van der Waals surface area (Å²) < 4.78 is 0. The Kier molecular flexibility index (Phi) is 3.55. The number of carboxylic acids is 1. The maximum Gasteiger partial charge on any atom is 0.326 e. The molecule has 1 saturated carbocycles. The Morgan fingerprint density at radius 3 is 2.47 bits per heavy atom. The Labute approximate surface area is 89.2 Å². The minimum absolute atomic E-state index is 0.238. The van der Waals surface area contributed by atoms with Gasteiger partial charge in [-0.3, -0.25) is 0 Å². The van der Waals surface area contributed by atoms with Crippen LogP contribution in [0.2, 0.25) is 0 Å². The van der Waals surface area contributed by atoms with Crippen LogP contribution in [-0.4, -0.2) is 29.7 Å². The summed E-state index contributed by atoms with van der Waals surface area (Å²) in [5.41, 5.74) is 0.238. The largest absolute Gasteiger partial charge is 0.480 e. The Morgan fingerprint density at radius 1 is 1.47 bits per heavy atom. The molecule has 0 spiro atoms. The Balaban J connectivity index is 2.25. The monoisotopic (exact) mass is 214 g/mol. The van der Waals surface area contributed by atoms with E-state index in [1.807, 2.05) is 0 Å². The molecule has 0 saturated heterocycles. The minimum atomic E-state index is -0.995. The first kappa shape index (κ1) is 11.8. The molecule has 86 valence electrons. The highest BCUT2D eigenvalue weighted by Gasteiger charge is 2.37. The topological polar surface area (TPSA) is 78.4 Å². The summed E-state index contributed by atoms with van der Waals surface area (Å²) in [5.74, 6) is -0.995. The molecule has 0 aromatic heterocycles. The Bertz CT molecular complexity index is 261. The van der Waals surface area contributed by atoms with E-state index in [0.29, 0.717) is 13.0 Å². The Morgan fingerprint density at radius 2 is 2.07 bits per heavy atom. The van der Waals surface area contributed by atoms with E-state index in [2.05, 4.69) is 17.6 Å². The van der Waals surface area contributed by atoms with E-state index in [9.17, 15) is 9.59 Å². The molecule has 1 fully saturated rings. The molecule has 0 aliphatic heterocycles. The number of carboxylic acid groups (broad SMARTS) is 1. The lowest BCUT2D eigenvalue weighted by Crippen LogP contribution is -2.46. The van der Waals surface area contributed by atoms with E-state index in [-0.39, 0.29) is 5.41 Å². The summed E-state index contributed by atoms with van der Waals surface area (Å²) in [6.45, 7) is 4.44. The van der Waals surface area contributed by atoms with Gasteiger partial charge in [0.15, 0.2) is 0 Å². The zero-order valence-corrected chi connectivity index (χ0v) is 9.17. The lowest BCUT2D eigenvalue weighted by Gasteiger charge is -2.15. The van der Waals surface area contributed by atoms with Crippen LogP contribution >= 0.6 is 0 Å². The summed E-state index contributed by atoms with van der Waals surface area (Å²) in [7, 11) is 0. The number of hydrogen-bond acceptors (Lipinski definition) is 2. The number of hydrogen-bond donors (Lipinski definition) is 3. The maximum absolute atomic E-state index is 11.3. The van der Waals surface area contributed by atoms with Crippen molar-refractivity contribution in [3.05, 3.63) is 0 Å². The molecule has 1 rings (SSSR count). The van der Waals surface area contributed by atoms with Crippen LogP contribution in [0.25, 0.3) is 0 Å². The van der Waals surface area contributed by atoms with Gasteiger partial charge in [-0.05, 0) is 24.7 Å². The molecule has 1 unspecified atom stereocenters. The third kappa shape index (κ3) is 3.77. The van der Waals surface area contributed by atoms with Gasteiger partial charge in [0, 0.05) is 6.54 Å². The molecule has 0 bridgehead atoms. The summed E-state index contributed by atoms with van der Waals surface area (Å²) in [4.78, 5) is 21.9. The normalized spacial score (nSPS) is 19.1. The van der Waals surface area contributed by atoms with Gasteiger partial charge in [-0.15, -0.1) is 0 Å². The number of nitrogens with one attached hydrogen (secondary N) is 2. The standard InChI is InChI=1S/C10H18N2O3/c1-3-7(8(13)14)12-9(15)11-6-10(2)4-5-10/h7H,3-6H2,1-2H3,(H,13,14)(H2,11,12,15). The summed E-state index contributed by atoms with van der Waals surface area (Å²) >= 11 is 0. The van der Waals surface area contributed by atoms with Crippen LogP contribution in [0.1, 0.15) is 33.1 Å². The van der Waals surface area contributed by atoms with Crippen LogP contribution in [0.5, 0.6) is 0 Å². The molecular weight excluding hydrogens is 196 g/mol. The number of aliphatic carboxylic acids is 1. The second-order valence-electron chi connectivity index (χ2n) is 4.44. The van der Waals surface area contributed by atoms with Gasteiger partial charge in [0.25, 0.3) is 0 Å². The molecule has 0 heterocycles. The average Bonchev–Trinajstić information content (AvgIpc) is 2.90. The van der Waals surface area contributed by atoms with E-state index in [0.717, 1.165) is 12.8 Å². The van der Waals surface area contributed by atoms with Crippen molar-refractivity contribution >= 4 is 12.0 Å². The van der Waals surface area contributed by atoms with Gasteiger partial charge in [0.1, 0.15) is 6.04 Å². The van der Waals surface area contributed by atoms with Crippen LogP contribution in [0.4, 0.5) is 4.79 Å². The fourth-order valence-corrected chi connectivity index (χ4v) is 1.23. The first-order valence-electron chi connectivity index (χ1n) is 5.24. The van der Waals surface area contributed by atoms with Gasteiger partial charge in [-0.1, -0.05) is 13.8 Å². The summed E-state index contributed by atoms with van der Waals surface area (Å²) in [6.07, 6.45) is 2.65. The number of amides is 2. The van der Waals surface area contributed by atoms with Crippen molar-refractivity contribution < 1.29 is 14.7 Å². The molecule has 5 nitrogen and oxygen atoms in total. The molecule has 1 atom stereocenters. The quantitative estimate of drug-likeness (QED) is 0.637. The summed E-state index contributed by atoms with van der Waals surface area (Å²) in [5, 5.41) is 13.8. The van der Waals surface area contributed by atoms with E-state index < -0.39 is 18.0 Å². The molecule has 1 aliphatic carbocycles. The molecule has 2 amide bonds. The maximum atomic E-state index is 11.3. The van der Waals surface area contributed by atoms with Gasteiger partial charge < -0.3 is 15.7 Å². The molecular formula is C10H18N2O3. The zero-order valence-electron chi connectivity index (χ0n) is 9.17. The second-order valence-corrected chi connectivity index (χ2v) is 4.44. The van der Waals surface area contributed by atoms with Crippen molar-refractivity contribution in [2.75, 3.05) is 6.54 Å². The van der Waals surface area contributed by atoms with Crippen LogP contribution in [0.3, 0.4) is 0 Å². The fourth-order valence-electron chi connectivity index (χ4n) is 1.23. The lowest BCUT2D eigenvalue weighted by atomic mass is 10.1. The van der Waals surface area contributed by atoms with Crippen LogP contribution in [-0.2, 0) is 4.79 Å². The van der Waals surface area contributed by atoms with E-state index >= 15 is 0 Å². The first-order chi connectivity index (χ1) is 6.97. The third-order valence-electron chi connectivity index (χ3n) is 2.79. The summed E-state index contributed by atoms with van der Waals surface area (Å²) in [6, 6.07) is -1.19. The third-order valence-corrected chi connectivity index (χ3v) is 2.79. The highest BCUT2D eigenvalue weighted by molar-refractivity contribution is 5.82.